The van der Waals surface area contributed by atoms with E-state index in [1.165, 1.54) is 22.2 Å². The average Bonchev–Trinajstić information content (AvgIpc) is 2.72. The third kappa shape index (κ3) is 2.68. The topological polar surface area (TPSA) is 106 Å². The molecule has 0 saturated carbocycles. The van der Waals surface area contributed by atoms with Gasteiger partial charge in [-0.15, -0.1) is 0 Å². The quantitative estimate of drug-likeness (QED) is 0.776. The number of amides is 1. The highest BCUT2D eigenvalue weighted by Gasteiger charge is 2.20. The van der Waals surface area contributed by atoms with E-state index < -0.39 is 17.9 Å². The van der Waals surface area contributed by atoms with Crippen LogP contribution < -0.4 is 10.9 Å². The first-order valence-corrected chi connectivity index (χ1v) is 5.94. The Morgan fingerprint density at radius 2 is 2.15 bits per heavy atom. The molecule has 0 aliphatic carbocycles. The molecule has 0 saturated heterocycles. The Kier molecular flexibility index (Phi) is 3.55. The fraction of sp³-hybridized carbons (Fsp3) is 0.333. The summed E-state index contributed by atoms with van der Waals surface area (Å²) in [6.45, 7) is 2.84. The van der Waals surface area contributed by atoms with Crippen LogP contribution in [0.4, 0.5) is 0 Å². The number of nitrogens with one attached hydrogen (secondary N) is 1. The van der Waals surface area contributed by atoms with E-state index >= 15 is 0 Å². The molecule has 1 atom stereocenters. The number of aliphatic carboxylic acids is 1. The van der Waals surface area contributed by atoms with Crippen molar-refractivity contribution in [2.75, 3.05) is 0 Å². The predicted octanol–water partition coefficient (Wildman–Crippen LogP) is -0.606. The van der Waals surface area contributed by atoms with Crippen molar-refractivity contribution < 1.29 is 14.7 Å². The first-order valence-electron chi connectivity index (χ1n) is 5.94. The van der Waals surface area contributed by atoms with Gasteiger partial charge in [-0.3, -0.25) is 9.59 Å². The van der Waals surface area contributed by atoms with E-state index in [0.717, 1.165) is 0 Å². The normalized spacial score (nSPS) is 12.3. The molecule has 106 valence electrons. The number of carbonyl (C=O) groups excluding carboxylic acids is 1. The number of carbonyl (C=O) groups is 2. The van der Waals surface area contributed by atoms with Crippen LogP contribution in [-0.4, -0.2) is 37.2 Å². The van der Waals surface area contributed by atoms with Crippen LogP contribution in [0.15, 0.2) is 23.3 Å². The van der Waals surface area contributed by atoms with Crippen molar-refractivity contribution in [3.63, 3.8) is 0 Å². The highest BCUT2D eigenvalue weighted by molar-refractivity contribution is 5.81. The second-order valence-corrected chi connectivity index (χ2v) is 4.46. The van der Waals surface area contributed by atoms with Crippen molar-refractivity contribution in [3.05, 3.63) is 34.5 Å². The Morgan fingerprint density at radius 3 is 2.75 bits per heavy atom. The molecule has 2 aromatic rings. The number of rotatable bonds is 4. The molecule has 0 aliphatic heterocycles. The number of fused-ring (bicyclic) bond motifs is 1. The van der Waals surface area contributed by atoms with Gasteiger partial charge in [0.25, 0.3) is 5.56 Å². The molecule has 0 aliphatic rings. The number of carboxylic acid groups (broad SMARTS) is 1. The van der Waals surface area contributed by atoms with Gasteiger partial charge in [0.1, 0.15) is 11.6 Å². The molecular formula is C12H14N4O4. The lowest BCUT2D eigenvalue weighted by molar-refractivity contribution is -0.141. The molecule has 2 N–H and O–H groups in total. The first-order chi connectivity index (χ1) is 9.38. The van der Waals surface area contributed by atoms with Crippen LogP contribution in [0.2, 0.25) is 0 Å². The van der Waals surface area contributed by atoms with Crippen LogP contribution in [0.5, 0.6) is 0 Å². The lowest BCUT2D eigenvalue weighted by Gasteiger charge is -2.14. The van der Waals surface area contributed by atoms with Crippen LogP contribution in [0.1, 0.15) is 12.6 Å². The highest BCUT2D eigenvalue weighted by atomic mass is 16.4. The van der Waals surface area contributed by atoms with Gasteiger partial charge in [0, 0.05) is 19.3 Å². The molecular weight excluding hydrogens is 264 g/mol. The van der Waals surface area contributed by atoms with E-state index in [2.05, 4.69) is 10.4 Å². The van der Waals surface area contributed by atoms with E-state index in [9.17, 15) is 14.4 Å². The number of carboxylic acids is 1. The van der Waals surface area contributed by atoms with Crippen LogP contribution >= 0.6 is 0 Å². The number of aryl methyl sites for hydroxylation is 1. The summed E-state index contributed by atoms with van der Waals surface area (Å²) < 4.78 is 2.67. The van der Waals surface area contributed by atoms with Crippen molar-refractivity contribution in [3.8, 4) is 0 Å². The Bertz CT molecular complexity index is 731. The molecule has 0 bridgehead atoms. The fourth-order valence-electron chi connectivity index (χ4n) is 1.92. The maximum Gasteiger partial charge on any atom is 0.328 e. The second kappa shape index (κ2) is 5.16. The first kappa shape index (κ1) is 13.8. The van der Waals surface area contributed by atoms with Crippen molar-refractivity contribution in [1.29, 1.82) is 0 Å². The SMILES string of the molecule is CC(=O)NC(Cn1ccn2nc(C)cc2c1=O)C(=O)O. The zero-order chi connectivity index (χ0) is 14.9. The molecule has 8 nitrogen and oxygen atoms in total. The monoisotopic (exact) mass is 278 g/mol. The minimum atomic E-state index is -1.20. The van der Waals surface area contributed by atoms with Gasteiger partial charge in [0.05, 0.1) is 12.2 Å². The van der Waals surface area contributed by atoms with Crippen LogP contribution in [0.3, 0.4) is 0 Å². The number of nitrogens with zero attached hydrogens (tertiary/aromatic N) is 3. The highest BCUT2D eigenvalue weighted by Crippen LogP contribution is 2.00. The molecule has 2 rings (SSSR count). The largest absolute Gasteiger partial charge is 0.480 e. The second-order valence-electron chi connectivity index (χ2n) is 4.46. The lowest BCUT2D eigenvalue weighted by atomic mass is 10.3. The maximum atomic E-state index is 12.2. The molecule has 2 heterocycles. The van der Waals surface area contributed by atoms with Gasteiger partial charge in [-0.1, -0.05) is 0 Å². The fourth-order valence-corrected chi connectivity index (χ4v) is 1.92. The standard InChI is InChI=1S/C12H14N4O4/c1-7-5-10-11(18)15(3-4-16(10)14-7)6-9(12(19)20)13-8(2)17/h3-5,9H,6H2,1-2H3,(H,13,17)(H,19,20). The molecule has 20 heavy (non-hydrogen) atoms. The molecule has 0 aromatic carbocycles. The lowest BCUT2D eigenvalue weighted by Crippen LogP contribution is -2.44. The minimum Gasteiger partial charge on any atom is -0.480 e. The Labute approximate surface area is 113 Å². The summed E-state index contributed by atoms with van der Waals surface area (Å²) in [6, 6.07) is 0.462. The van der Waals surface area contributed by atoms with Crippen LogP contribution in [0, 0.1) is 6.92 Å². The summed E-state index contributed by atoms with van der Waals surface area (Å²) in [5.41, 5.74) is 0.693. The van der Waals surface area contributed by atoms with Crippen molar-refractivity contribution in [1.82, 2.24) is 19.5 Å². The minimum absolute atomic E-state index is 0.144. The van der Waals surface area contributed by atoms with E-state index in [1.807, 2.05) is 0 Å². The molecule has 1 unspecified atom stereocenters. The Morgan fingerprint density at radius 1 is 1.45 bits per heavy atom. The summed E-state index contributed by atoms with van der Waals surface area (Å²) >= 11 is 0. The van der Waals surface area contributed by atoms with Gasteiger partial charge in [-0.05, 0) is 13.0 Å². The maximum absolute atomic E-state index is 12.2. The molecule has 0 spiro atoms. The van der Waals surface area contributed by atoms with Gasteiger partial charge in [0.15, 0.2) is 0 Å². The summed E-state index contributed by atoms with van der Waals surface area (Å²) in [5, 5.41) is 15.4. The summed E-state index contributed by atoms with van der Waals surface area (Å²) in [5.74, 6) is -1.66. The van der Waals surface area contributed by atoms with Gasteiger partial charge < -0.3 is 15.0 Å². The van der Waals surface area contributed by atoms with E-state index in [4.69, 9.17) is 5.11 Å². The predicted molar refractivity (Wildman–Crippen MR) is 69.4 cm³/mol. The van der Waals surface area contributed by atoms with Gasteiger partial charge in [-0.25, -0.2) is 9.31 Å². The third-order valence-corrected chi connectivity index (χ3v) is 2.78. The van der Waals surface area contributed by atoms with Gasteiger partial charge in [-0.2, -0.15) is 5.10 Å². The van der Waals surface area contributed by atoms with Gasteiger partial charge >= 0.3 is 5.97 Å². The Balaban J connectivity index is 2.37. The zero-order valence-corrected chi connectivity index (χ0v) is 11.0. The number of hydrogen-bond acceptors (Lipinski definition) is 4. The summed E-state index contributed by atoms with van der Waals surface area (Å²) in [6.07, 6.45) is 3.01. The van der Waals surface area contributed by atoms with E-state index in [1.54, 1.807) is 19.2 Å². The van der Waals surface area contributed by atoms with Crippen molar-refractivity contribution in [2.24, 2.45) is 0 Å². The molecule has 2 aromatic heterocycles. The smallest absolute Gasteiger partial charge is 0.328 e. The summed E-state index contributed by atoms with van der Waals surface area (Å²) in [4.78, 5) is 34.2. The van der Waals surface area contributed by atoms with Crippen LogP contribution in [-0.2, 0) is 16.1 Å². The summed E-state index contributed by atoms with van der Waals surface area (Å²) in [7, 11) is 0. The number of hydrogen-bond donors (Lipinski definition) is 2. The zero-order valence-electron chi connectivity index (χ0n) is 11.0. The molecule has 0 fully saturated rings. The van der Waals surface area contributed by atoms with Gasteiger partial charge in [0.2, 0.25) is 5.91 Å². The molecule has 1 amide bonds. The van der Waals surface area contributed by atoms with Crippen LogP contribution in [0.25, 0.3) is 5.52 Å². The Hall–Kier alpha value is -2.64. The van der Waals surface area contributed by atoms with Crippen molar-refractivity contribution >= 4 is 17.4 Å². The van der Waals surface area contributed by atoms with Crippen molar-refractivity contribution in [2.45, 2.75) is 26.4 Å². The molecule has 0 radical (unpaired) electrons. The van der Waals surface area contributed by atoms with E-state index in [-0.39, 0.29) is 12.1 Å². The van der Waals surface area contributed by atoms with E-state index in [0.29, 0.717) is 11.2 Å². The third-order valence-electron chi connectivity index (χ3n) is 2.78. The average molecular weight is 278 g/mol. The molecule has 8 heteroatoms. The number of aromatic nitrogens is 3.